The SMILES string of the molecule is Cc1ccc(N(c2ccc3c(c2)C(C)(C)c2ccccc2-3)c2ccc3c(c2)C(C)(C)c2cc(C=Cc4ccc(C=Cc5ccc6c(c5)C(C)(C)c5cc(N(c7ccc(C)cc7)c7ccc8c(c7)C(C)(C)c7ccccc7-8)ccc5-6)cc4)ccc2-3)cc1. The first-order valence-corrected chi connectivity index (χ1v) is 30.7. The van der Waals surface area contributed by atoms with E-state index in [0.717, 1.165) is 11.4 Å². The highest BCUT2D eigenvalue weighted by molar-refractivity contribution is 5.92. The Morgan fingerprint density at radius 2 is 0.453 bits per heavy atom. The summed E-state index contributed by atoms with van der Waals surface area (Å²) in [6.45, 7) is 23.3. The van der Waals surface area contributed by atoms with E-state index in [2.05, 4.69) is 334 Å². The fourth-order valence-corrected chi connectivity index (χ4v) is 15.0. The molecule has 15 rings (SSSR count). The molecule has 0 bridgehead atoms. The summed E-state index contributed by atoms with van der Waals surface area (Å²) in [6.07, 6.45) is 9.02. The highest BCUT2D eigenvalue weighted by Crippen LogP contribution is 2.56. The maximum Gasteiger partial charge on any atom is 0.0465 e. The summed E-state index contributed by atoms with van der Waals surface area (Å²) in [4.78, 5) is 4.90. The zero-order chi connectivity index (χ0) is 59.0. The Morgan fingerprint density at radius 3 is 0.779 bits per heavy atom. The summed E-state index contributed by atoms with van der Waals surface area (Å²) in [5.41, 5.74) is 35.3. The smallest absolute Gasteiger partial charge is 0.0465 e. The molecule has 4 aliphatic rings. The molecule has 0 saturated heterocycles. The van der Waals surface area contributed by atoms with Crippen molar-refractivity contribution in [2.45, 2.75) is 90.9 Å². The van der Waals surface area contributed by atoms with Crippen LogP contribution in [0.4, 0.5) is 34.1 Å². The van der Waals surface area contributed by atoms with Crippen molar-refractivity contribution in [3.63, 3.8) is 0 Å². The minimum atomic E-state index is -0.194. The van der Waals surface area contributed by atoms with Gasteiger partial charge in [0.25, 0.3) is 0 Å². The van der Waals surface area contributed by atoms with Crippen LogP contribution < -0.4 is 9.80 Å². The largest absolute Gasteiger partial charge is 0.310 e. The van der Waals surface area contributed by atoms with Crippen molar-refractivity contribution >= 4 is 58.4 Å². The molecule has 11 aromatic carbocycles. The first-order chi connectivity index (χ1) is 41.4. The minimum Gasteiger partial charge on any atom is -0.310 e. The van der Waals surface area contributed by atoms with Crippen molar-refractivity contribution in [3.05, 3.63) is 308 Å². The Bertz CT molecular complexity index is 4340. The topological polar surface area (TPSA) is 6.48 Å². The third-order valence-electron chi connectivity index (χ3n) is 20.0. The van der Waals surface area contributed by atoms with Gasteiger partial charge in [0.15, 0.2) is 0 Å². The summed E-state index contributed by atoms with van der Waals surface area (Å²) in [6, 6.07) is 87.1. The number of benzene rings is 11. The van der Waals surface area contributed by atoms with E-state index < -0.39 is 0 Å². The normalized spacial score (nSPS) is 15.4. The van der Waals surface area contributed by atoms with Crippen LogP contribution in [0.2, 0.25) is 0 Å². The van der Waals surface area contributed by atoms with Crippen molar-refractivity contribution in [3.8, 4) is 44.5 Å². The molecule has 0 aliphatic heterocycles. The van der Waals surface area contributed by atoms with E-state index in [9.17, 15) is 0 Å². The lowest BCUT2D eigenvalue weighted by atomic mass is 9.81. The Labute approximate surface area is 509 Å². The predicted molar refractivity (Wildman–Crippen MR) is 366 cm³/mol. The second-order valence-corrected chi connectivity index (χ2v) is 26.8. The summed E-state index contributed by atoms with van der Waals surface area (Å²) in [5.74, 6) is 0. The van der Waals surface area contributed by atoms with E-state index in [0.29, 0.717) is 0 Å². The van der Waals surface area contributed by atoms with E-state index >= 15 is 0 Å². The van der Waals surface area contributed by atoms with Crippen molar-refractivity contribution in [2.24, 2.45) is 0 Å². The fraction of sp³-hybridized carbons (Fsp3) is 0.167. The van der Waals surface area contributed by atoms with Crippen LogP contribution in [0.3, 0.4) is 0 Å². The Morgan fingerprint density at radius 1 is 0.221 bits per heavy atom. The number of hydrogen-bond donors (Lipinski definition) is 0. The molecule has 0 N–H and O–H groups in total. The van der Waals surface area contributed by atoms with Crippen LogP contribution in [-0.4, -0.2) is 0 Å². The molecule has 0 aromatic heterocycles. The van der Waals surface area contributed by atoms with Gasteiger partial charge in [0.2, 0.25) is 0 Å². The first-order valence-electron chi connectivity index (χ1n) is 30.7. The number of nitrogens with zero attached hydrogens (tertiary/aromatic N) is 2. The zero-order valence-corrected chi connectivity index (χ0v) is 51.1. The quantitative estimate of drug-likeness (QED) is 0.126. The highest BCUT2D eigenvalue weighted by atomic mass is 15.1. The zero-order valence-electron chi connectivity index (χ0n) is 51.1. The van der Waals surface area contributed by atoms with Crippen molar-refractivity contribution in [1.82, 2.24) is 0 Å². The van der Waals surface area contributed by atoms with Gasteiger partial charge in [-0.25, -0.2) is 0 Å². The van der Waals surface area contributed by atoms with Crippen LogP contribution in [0.15, 0.2) is 231 Å². The van der Waals surface area contributed by atoms with Crippen molar-refractivity contribution < 1.29 is 0 Å². The molecule has 0 saturated carbocycles. The maximum atomic E-state index is 2.45. The third kappa shape index (κ3) is 8.43. The second-order valence-electron chi connectivity index (χ2n) is 26.8. The number of hydrogen-bond acceptors (Lipinski definition) is 2. The van der Waals surface area contributed by atoms with E-state index in [1.54, 1.807) is 0 Å². The lowest BCUT2D eigenvalue weighted by Crippen LogP contribution is -2.18. The van der Waals surface area contributed by atoms with Crippen molar-refractivity contribution in [2.75, 3.05) is 9.80 Å². The summed E-state index contributed by atoms with van der Waals surface area (Å²) >= 11 is 0. The summed E-state index contributed by atoms with van der Waals surface area (Å²) < 4.78 is 0. The summed E-state index contributed by atoms with van der Waals surface area (Å²) in [5, 5.41) is 0. The Kier molecular flexibility index (Phi) is 12.1. The maximum absolute atomic E-state index is 2.45. The Balaban J connectivity index is 0.658. The van der Waals surface area contributed by atoms with Gasteiger partial charge in [-0.15, -0.1) is 0 Å². The van der Waals surface area contributed by atoms with Gasteiger partial charge in [-0.05, 0) is 198 Å². The average Bonchev–Trinajstić information content (AvgIpc) is 1.63. The minimum absolute atomic E-state index is 0.0921. The van der Waals surface area contributed by atoms with Crippen LogP contribution in [0.25, 0.3) is 68.8 Å². The van der Waals surface area contributed by atoms with Gasteiger partial charge in [0.05, 0.1) is 0 Å². The predicted octanol–water partition coefficient (Wildman–Crippen LogP) is 22.8. The molecule has 0 radical (unpaired) electrons. The van der Waals surface area contributed by atoms with Crippen molar-refractivity contribution in [1.29, 1.82) is 0 Å². The van der Waals surface area contributed by atoms with Crippen LogP contribution in [0.5, 0.6) is 0 Å². The molecule has 0 atom stereocenters. The van der Waals surface area contributed by atoms with E-state index in [1.165, 1.54) is 145 Å². The van der Waals surface area contributed by atoms with Crippen LogP contribution in [-0.2, 0) is 21.7 Å². The van der Waals surface area contributed by atoms with Gasteiger partial charge in [0.1, 0.15) is 0 Å². The lowest BCUT2D eigenvalue weighted by molar-refractivity contribution is 0.659. The second kappa shape index (κ2) is 19.5. The molecule has 0 unspecified atom stereocenters. The monoisotopic (exact) mass is 1110 g/mol. The molecule has 0 amide bonds. The molecule has 11 aromatic rings. The molecular weight excluding hydrogens is 1040 g/mol. The third-order valence-corrected chi connectivity index (χ3v) is 20.0. The lowest BCUT2D eigenvalue weighted by Gasteiger charge is -2.29. The molecule has 86 heavy (non-hydrogen) atoms. The van der Waals surface area contributed by atoms with Gasteiger partial charge in [0, 0.05) is 55.8 Å². The number of rotatable bonds is 10. The standard InChI is InChI=1S/C84H72N2/c1-53-19-33-59(34-20-53)85(61-37-43-69-65-15-11-13-17-73(65)81(3,4)77(69)49-61)63-39-45-71-67-41-31-57(47-75(67)83(7,8)79(71)51-63)29-27-55-23-25-56(26-24-55)28-30-58-32-42-68-72-46-40-64(52-80(72)84(9,10)76(68)48-58)86(60-35-21-54(2)22-36-60)62-38-44-70-66-16-12-14-18-74(66)82(5,6)78(70)50-62/h11-52H,1-10H3. The van der Waals surface area contributed by atoms with Crippen LogP contribution in [0.1, 0.15) is 133 Å². The number of anilines is 6. The number of fused-ring (bicyclic) bond motifs is 12. The molecule has 2 nitrogen and oxygen atoms in total. The van der Waals surface area contributed by atoms with Crippen LogP contribution in [0, 0.1) is 13.8 Å². The van der Waals surface area contributed by atoms with Crippen LogP contribution >= 0.6 is 0 Å². The van der Waals surface area contributed by atoms with Gasteiger partial charge in [-0.1, -0.05) is 249 Å². The molecule has 4 aliphatic carbocycles. The molecule has 0 fully saturated rings. The average molecular weight is 1110 g/mol. The Hall–Kier alpha value is -9.50. The molecule has 0 heterocycles. The van der Waals surface area contributed by atoms with Gasteiger partial charge in [-0.3, -0.25) is 0 Å². The van der Waals surface area contributed by atoms with Gasteiger partial charge >= 0.3 is 0 Å². The van der Waals surface area contributed by atoms with E-state index in [1.807, 2.05) is 0 Å². The number of aryl methyl sites for hydroxylation is 2. The highest BCUT2D eigenvalue weighted by Gasteiger charge is 2.40. The van der Waals surface area contributed by atoms with E-state index in [-0.39, 0.29) is 21.7 Å². The van der Waals surface area contributed by atoms with E-state index in [4.69, 9.17) is 0 Å². The molecular formula is C84H72N2. The molecule has 0 spiro atoms. The summed E-state index contributed by atoms with van der Waals surface area (Å²) in [7, 11) is 0. The molecule has 2 heteroatoms. The van der Waals surface area contributed by atoms with Gasteiger partial charge in [-0.2, -0.15) is 0 Å². The fourth-order valence-electron chi connectivity index (χ4n) is 15.0. The van der Waals surface area contributed by atoms with Gasteiger partial charge < -0.3 is 9.80 Å². The first kappa shape index (κ1) is 53.2. The molecule has 418 valence electrons.